The van der Waals surface area contributed by atoms with Crippen molar-refractivity contribution in [2.75, 3.05) is 45.1 Å². The summed E-state index contributed by atoms with van der Waals surface area (Å²) in [5.74, 6) is 1.40. The number of thioether (sulfide) groups is 1. The van der Waals surface area contributed by atoms with Crippen LogP contribution < -0.4 is 5.32 Å². The molecule has 0 unspecified atom stereocenters. The minimum atomic E-state index is -0.282. The molecular weight excluding hydrogens is 393 g/mol. The number of hydrogen-bond acceptors (Lipinski definition) is 6. The summed E-state index contributed by atoms with van der Waals surface area (Å²) in [5.41, 5.74) is 0.811. The molecule has 0 spiro atoms. The standard InChI is InChI=1S/C20H26FN5O2S/c21-17-5-3-16(4-6-17)19-23-24-20(29-14-18(27)22-13-15-1-2-15)26(19)8-7-25-9-11-28-12-10-25/h3-6,15H,1-2,7-14H2,(H,22,27). The summed E-state index contributed by atoms with van der Waals surface area (Å²) < 4.78 is 20.8. The minimum absolute atomic E-state index is 0.0213. The normalized spacial score (nSPS) is 17.4. The third kappa shape index (κ3) is 5.77. The van der Waals surface area contributed by atoms with E-state index in [0.29, 0.717) is 29.2 Å². The van der Waals surface area contributed by atoms with E-state index in [2.05, 4.69) is 20.4 Å². The molecule has 0 radical (unpaired) electrons. The molecule has 156 valence electrons. The number of carbonyl (C=O) groups is 1. The highest BCUT2D eigenvalue weighted by atomic mass is 32.2. The van der Waals surface area contributed by atoms with Gasteiger partial charge in [0, 0.05) is 38.3 Å². The van der Waals surface area contributed by atoms with Crippen molar-refractivity contribution in [2.24, 2.45) is 5.92 Å². The predicted molar refractivity (Wildman–Crippen MR) is 109 cm³/mol. The zero-order valence-electron chi connectivity index (χ0n) is 16.3. The monoisotopic (exact) mass is 419 g/mol. The molecule has 4 rings (SSSR count). The maximum atomic E-state index is 13.3. The summed E-state index contributed by atoms with van der Waals surface area (Å²) in [7, 11) is 0. The Morgan fingerprint density at radius 2 is 1.93 bits per heavy atom. The molecule has 1 saturated carbocycles. The molecule has 0 atom stereocenters. The molecule has 1 aliphatic heterocycles. The fourth-order valence-electron chi connectivity index (χ4n) is 3.24. The van der Waals surface area contributed by atoms with Crippen LogP contribution in [0.15, 0.2) is 29.4 Å². The van der Waals surface area contributed by atoms with Crippen LogP contribution in [0.2, 0.25) is 0 Å². The third-order valence-corrected chi connectivity index (χ3v) is 6.15. The van der Waals surface area contributed by atoms with Crippen LogP contribution >= 0.6 is 11.8 Å². The molecule has 7 nitrogen and oxygen atoms in total. The van der Waals surface area contributed by atoms with Crippen LogP contribution in [-0.2, 0) is 16.1 Å². The van der Waals surface area contributed by atoms with Crippen LogP contribution in [0.1, 0.15) is 12.8 Å². The van der Waals surface area contributed by atoms with E-state index in [9.17, 15) is 9.18 Å². The molecule has 2 aliphatic rings. The second kappa shape index (κ2) is 9.69. The van der Waals surface area contributed by atoms with Crippen LogP contribution in [-0.4, -0.2) is 70.7 Å². The average molecular weight is 420 g/mol. The van der Waals surface area contributed by atoms with Gasteiger partial charge in [0.25, 0.3) is 0 Å². The molecule has 1 aliphatic carbocycles. The zero-order valence-corrected chi connectivity index (χ0v) is 17.2. The molecule has 1 saturated heterocycles. The number of ether oxygens (including phenoxy) is 1. The van der Waals surface area contributed by atoms with Crippen LogP contribution in [0.3, 0.4) is 0 Å². The summed E-state index contributed by atoms with van der Waals surface area (Å²) in [6.07, 6.45) is 2.43. The predicted octanol–water partition coefficient (Wildman–Crippen LogP) is 2.03. The number of morpholine rings is 1. The largest absolute Gasteiger partial charge is 0.379 e. The Morgan fingerprint density at radius 3 is 2.66 bits per heavy atom. The number of halogens is 1. The smallest absolute Gasteiger partial charge is 0.230 e. The molecule has 0 bridgehead atoms. The van der Waals surface area contributed by atoms with Gasteiger partial charge >= 0.3 is 0 Å². The van der Waals surface area contributed by atoms with Crippen molar-refractivity contribution in [3.05, 3.63) is 30.1 Å². The second-order valence-corrected chi connectivity index (χ2v) is 8.40. The highest BCUT2D eigenvalue weighted by Crippen LogP contribution is 2.28. The van der Waals surface area contributed by atoms with Gasteiger partial charge in [-0.25, -0.2) is 4.39 Å². The number of nitrogens with zero attached hydrogens (tertiary/aromatic N) is 4. The number of amides is 1. The number of carbonyl (C=O) groups excluding carboxylic acids is 1. The van der Waals surface area contributed by atoms with Gasteiger partial charge in [0.05, 0.1) is 19.0 Å². The van der Waals surface area contributed by atoms with Crippen LogP contribution in [0, 0.1) is 11.7 Å². The first kappa shape index (κ1) is 20.3. The average Bonchev–Trinajstić information content (AvgIpc) is 3.49. The van der Waals surface area contributed by atoms with Crippen molar-refractivity contribution in [3.8, 4) is 11.4 Å². The summed E-state index contributed by atoms with van der Waals surface area (Å²) in [6, 6.07) is 6.27. The zero-order chi connectivity index (χ0) is 20.1. The topological polar surface area (TPSA) is 72.3 Å². The maximum absolute atomic E-state index is 13.3. The SMILES string of the molecule is O=C(CSc1nnc(-c2ccc(F)cc2)n1CCN1CCOCC1)NCC1CC1. The lowest BCUT2D eigenvalue weighted by atomic mass is 10.2. The van der Waals surface area contributed by atoms with Gasteiger partial charge in [-0.1, -0.05) is 11.8 Å². The molecule has 2 aromatic rings. The lowest BCUT2D eigenvalue weighted by molar-refractivity contribution is -0.118. The van der Waals surface area contributed by atoms with Crippen molar-refractivity contribution in [1.29, 1.82) is 0 Å². The van der Waals surface area contributed by atoms with Gasteiger partial charge in [-0.3, -0.25) is 9.69 Å². The van der Waals surface area contributed by atoms with Crippen molar-refractivity contribution >= 4 is 17.7 Å². The number of aromatic nitrogens is 3. The molecular formula is C20H26FN5O2S. The summed E-state index contributed by atoms with van der Waals surface area (Å²) >= 11 is 1.39. The Morgan fingerprint density at radius 1 is 1.17 bits per heavy atom. The summed E-state index contributed by atoms with van der Waals surface area (Å²) in [5, 5.41) is 12.3. The molecule has 1 aromatic carbocycles. The van der Waals surface area contributed by atoms with E-state index in [0.717, 1.165) is 45.0 Å². The summed E-state index contributed by atoms with van der Waals surface area (Å²) in [4.78, 5) is 14.5. The maximum Gasteiger partial charge on any atom is 0.230 e. The van der Waals surface area contributed by atoms with Gasteiger partial charge < -0.3 is 14.6 Å². The first-order valence-electron chi connectivity index (χ1n) is 10.1. The number of rotatable bonds is 9. The van der Waals surface area contributed by atoms with E-state index in [1.165, 1.54) is 36.7 Å². The van der Waals surface area contributed by atoms with E-state index >= 15 is 0 Å². The lowest BCUT2D eigenvalue weighted by Gasteiger charge is -2.27. The Hall–Kier alpha value is -1.97. The molecule has 1 amide bonds. The van der Waals surface area contributed by atoms with E-state index in [4.69, 9.17) is 4.74 Å². The fourth-order valence-corrected chi connectivity index (χ4v) is 4.03. The Bertz CT molecular complexity index is 819. The summed E-state index contributed by atoms with van der Waals surface area (Å²) in [6.45, 7) is 5.61. The van der Waals surface area contributed by atoms with E-state index < -0.39 is 0 Å². The van der Waals surface area contributed by atoms with Crippen LogP contribution in [0.25, 0.3) is 11.4 Å². The quantitative estimate of drug-likeness (QED) is 0.627. The third-order valence-electron chi connectivity index (χ3n) is 5.18. The van der Waals surface area contributed by atoms with Gasteiger partial charge in [-0.2, -0.15) is 0 Å². The molecule has 9 heteroatoms. The fraction of sp³-hybridized carbons (Fsp3) is 0.550. The first-order chi connectivity index (χ1) is 14.2. The molecule has 1 N–H and O–H groups in total. The van der Waals surface area contributed by atoms with Crippen LogP contribution in [0.5, 0.6) is 0 Å². The van der Waals surface area contributed by atoms with Gasteiger partial charge in [0.2, 0.25) is 5.91 Å². The van der Waals surface area contributed by atoms with Gasteiger partial charge in [-0.05, 0) is 43.0 Å². The van der Waals surface area contributed by atoms with Crippen molar-refractivity contribution < 1.29 is 13.9 Å². The lowest BCUT2D eigenvalue weighted by Crippen LogP contribution is -2.38. The van der Waals surface area contributed by atoms with Crippen molar-refractivity contribution in [2.45, 2.75) is 24.5 Å². The minimum Gasteiger partial charge on any atom is -0.379 e. The van der Waals surface area contributed by atoms with Gasteiger partial charge in [0.1, 0.15) is 5.82 Å². The number of hydrogen-bond donors (Lipinski definition) is 1. The van der Waals surface area contributed by atoms with Crippen LogP contribution in [0.4, 0.5) is 4.39 Å². The Balaban J connectivity index is 1.45. The molecule has 2 fully saturated rings. The molecule has 1 aromatic heterocycles. The van der Waals surface area contributed by atoms with E-state index in [1.54, 1.807) is 12.1 Å². The van der Waals surface area contributed by atoms with Gasteiger partial charge in [0.15, 0.2) is 11.0 Å². The van der Waals surface area contributed by atoms with Crippen molar-refractivity contribution in [3.63, 3.8) is 0 Å². The molecule has 2 heterocycles. The van der Waals surface area contributed by atoms with Gasteiger partial charge in [-0.15, -0.1) is 10.2 Å². The highest BCUT2D eigenvalue weighted by molar-refractivity contribution is 7.99. The Kier molecular flexibility index (Phi) is 6.78. The van der Waals surface area contributed by atoms with Crippen molar-refractivity contribution in [1.82, 2.24) is 25.0 Å². The molecule has 29 heavy (non-hydrogen) atoms. The first-order valence-corrected chi connectivity index (χ1v) is 11.1. The van der Waals surface area contributed by atoms with E-state index in [-0.39, 0.29) is 11.7 Å². The Labute approximate surface area is 174 Å². The number of nitrogens with one attached hydrogen (secondary N) is 1. The second-order valence-electron chi connectivity index (χ2n) is 7.45. The number of benzene rings is 1. The van der Waals surface area contributed by atoms with E-state index in [1.807, 2.05) is 4.57 Å². The highest BCUT2D eigenvalue weighted by Gasteiger charge is 2.22.